The molecule has 1 heterocycles. The van der Waals surface area contributed by atoms with Gasteiger partial charge in [0.05, 0.1) is 7.11 Å². The zero-order chi connectivity index (χ0) is 14.0. The molecular weight excluding hydrogens is 240 g/mol. The third kappa shape index (κ3) is 3.28. The van der Waals surface area contributed by atoms with E-state index in [4.69, 9.17) is 4.74 Å². The minimum atomic E-state index is -0.205. The second-order valence-electron chi connectivity index (χ2n) is 5.67. The molecule has 2 aromatic rings. The Morgan fingerprint density at radius 2 is 2.05 bits per heavy atom. The minimum absolute atomic E-state index is 0.0146. The van der Waals surface area contributed by atoms with Crippen LogP contribution in [0.1, 0.15) is 20.8 Å². The standard InChI is InChI=1S/C15H20N2O2/c1-15(2,3)16-14(18)10-17-8-7-11-9-12(19-4)5-6-13(11)17/h5-9H,10H2,1-4H3,(H,16,18). The highest BCUT2D eigenvalue weighted by Crippen LogP contribution is 2.21. The summed E-state index contributed by atoms with van der Waals surface area (Å²) in [4.78, 5) is 11.9. The van der Waals surface area contributed by atoms with Crippen LogP contribution >= 0.6 is 0 Å². The predicted octanol–water partition coefficient (Wildman–Crippen LogP) is 2.56. The maximum Gasteiger partial charge on any atom is 0.240 e. The number of rotatable bonds is 3. The Morgan fingerprint density at radius 1 is 1.32 bits per heavy atom. The molecule has 0 fully saturated rings. The summed E-state index contributed by atoms with van der Waals surface area (Å²) in [5.74, 6) is 0.838. The van der Waals surface area contributed by atoms with Crippen LogP contribution in [0.25, 0.3) is 10.9 Å². The van der Waals surface area contributed by atoms with Crippen molar-refractivity contribution in [1.82, 2.24) is 9.88 Å². The molecule has 102 valence electrons. The number of nitrogens with zero attached hydrogens (tertiary/aromatic N) is 1. The Bertz CT molecular complexity index is 594. The Hall–Kier alpha value is -1.97. The number of amides is 1. The van der Waals surface area contributed by atoms with Gasteiger partial charge in [0.25, 0.3) is 0 Å². The number of benzene rings is 1. The first-order valence-corrected chi connectivity index (χ1v) is 6.33. The van der Waals surface area contributed by atoms with Crippen LogP contribution in [0.5, 0.6) is 5.75 Å². The predicted molar refractivity (Wildman–Crippen MR) is 76.4 cm³/mol. The monoisotopic (exact) mass is 260 g/mol. The van der Waals surface area contributed by atoms with Crippen molar-refractivity contribution in [2.75, 3.05) is 7.11 Å². The SMILES string of the molecule is COc1ccc2c(ccn2CC(=O)NC(C)(C)C)c1. The van der Waals surface area contributed by atoms with Gasteiger partial charge in [-0.25, -0.2) is 0 Å². The van der Waals surface area contributed by atoms with Crippen molar-refractivity contribution in [2.24, 2.45) is 0 Å². The molecule has 0 aliphatic heterocycles. The van der Waals surface area contributed by atoms with E-state index < -0.39 is 0 Å². The van der Waals surface area contributed by atoms with Gasteiger partial charge in [0.1, 0.15) is 12.3 Å². The van der Waals surface area contributed by atoms with Crippen molar-refractivity contribution in [1.29, 1.82) is 0 Å². The average Bonchev–Trinajstić information content (AvgIpc) is 2.69. The van der Waals surface area contributed by atoms with Crippen molar-refractivity contribution in [3.63, 3.8) is 0 Å². The van der Waals surface area contributed by atoms with Gasteiger partial charge in [-0.15, -0.1) is 0 Å². The molecule has 4 nitrogen and oxygen atoms in total. The third-order valence-electron chi connectivity index (χ3n) is 2.81. The summed E-state index contributed by atoms with van der Waals surface area (Å²) in [6.07, 6.45) is 1.92. The highest BCUT2D eigenvalue weighted by Gasteiger charge is 2.14. The second kappa shape index (κ2) is 4.96. The maximum atomic E-state index is 11.9. The van der Waals surface area contributed by atoms with Crippen LogP contribution in [0, 0.1) is 0 Å². The van der Waals surface area contributed by atoms with Gasteiger partial charge in [-0.1, -0.05) is 0 Å². The molecule has 0 aliphatic carbocycles. The fraction of sp³-hybridized carbons (Fsp3) is 0.400. The molecule has 0 atom stereocenters. The van der Waals surface area contributed by atoms with E-state index >= 15 is 0 Å². The van der Waals surface area contributed by atoms with Crippen molar-refractivity contribution in [2.45, 2.75) is 32.9 Å². The zero-order valence-corrected chi connectivity index (χ0v) is 11.9. The number of fused-ring (bicyclic) bond motifs is 1. The Kier molecular flexibility index (Phi) is 3.51. The number of ether oxygens (including phenoxy) is 1. The normalized spacial score (nSPS) is 11.6. The van der Waals surface area contributed by atoms with Gasteiger partial charge in [0, 0.05) is 22.6 Å². The van der Waals surface area contributed by atoms with Gasteiger partial charge < -0.3 is 14.6 Å². The zero-order valence-electron chi connectivity index (χ0n) is 11.9. The van der Waals surface area contributed by atoms with Crippen molar-refractivity contribution in [3.8, 4) is 5.75 Å². The van der Waals surface area contributed by atoms with Crippen LogP contribution in [0.15, 0.2) is 30.5 Å². The first-order valence-electron chi connectivity index (χ1n) is 6.33. The molecule has 0 radical (unpaired) electrons. The number of carbonyl (C=O) groups is 1. The molecule has 1 aromatic carbocycles. The summed E-state index contributed by atoms with van der Waals surface area (Å²) < 4.78 is 7.13. The third-order valence-corrected chi connectivity index (χ3v) is 2.81. The molecule has 0 aliphatic rings. The molecule has 1 N–H and O–H groups in total. The topological polar surface area (TPSA) is 43.3 Å². The minimum Gasteiger partial charge on any atom is -0.497 e. The Morgan fingerprint density at radius 3 is 2.68 bits per heavy atom. The average molecular weight is 260 g/mol. The van der Waals surface area contributed by atoms with Crippen molar-refractivity contribution < 1.29 is 9.53 Å². The quantitative estimate of drug-likeness (QED) is 0.921. The highest BCUT2D eigenvalue weighted by molar-refractivity contribution is 5.84. The lowest BCUT2D eigenvalue weighted by molar-refractivity contribution is -0.123. The summed E-state index contributed by atoms with van der Waals surface area (Å²) in [6.45, 7) is 6.25. The molecule has 0 saturated heterocycles. The molecular formula is C15H20N2O2. The van der Waals surface area contributed by atoms with Gasteiger partial charge in [0.2, 0.25) is 5.91 Å². The van der Waals surface area contributed by atoms with Gasteiger partial charge in [-0.05, 0) is 45.0 Å². The highest BCUT2D eigenvalue weighted by atomic mass is 16.5. The lowest BCUT2D eigenvalue weighted by Crippen LogP contribution is -2.42. The summed E-state index contributed by atoms with van der Waals surface area (Å²) >= 11 is 0. The number of methoxy groups -OCH3 is 1. The molecule has 1 amide bonds. The number of carbonyl (C=O) groups excluding carboxylic acids is 1. The van der Waals surface area contributed by atoms with E-state index in [1.165, 1.54) is 0 Å². The Balaban J connectivity index is 2.20. The van der Waals surface area contributed by atoms with Crippen LogP contribution in [0.4, 0.5) is 0 Å². The maximum absolute atomic E-state index is 11.9. The van der Waals surface area contributed by atoms with Gasteiger partial charge in [-0.2, -0.15) is 0 Å². The first kappa shape index (κ1) is 13.5. The second-order valence-corrected chi connectivity index (χ2v) is 5.67. The molecule has 0 saturated carbocycles. The molecule has 0 spiro atoms. The van der Waals surface area contributed by atoms with Crippen LogP contribution in [-0.4, -0.2) is 23.1 Å². The van der Waals surface area contributed by atoms with Crippen LogP contribution in [0.3, 0.4) is 0 Å². The number of hydrogen-bond donors (Lipinski definition) is 1. The van der Waals surface area contributed by atoms with Crippen molar-refractivity contribution in [3.05, 3.63) is 30.5 Å². The molecule has 1 aromatic heterocycles. The fourth-order valence-corrected chi connectivity index (χ4v) is 2.06. The summed E-state index contributed by atoms with van der Waals surface area (Å²) in [7, 11) is 1.65. The van der Waals surface area contributed by atoms with E-state index in [-0.39, 0.29) is 11.4 Å². The van der Waals surface area contributed by atoms with Crippen molar-refractivity contribution >= 4 is 16.8 Å². The smallest absolute Gasteiger partial charge is 0.240 e. The van der Waals surface area contributed by atoms with E-state index in [2.05, 4.69) is 5.32 Å². The summed E-state index contributed by atoms with van der Waals surface area (Å²) in [5, 5.41) is 4.03. The molecule has 19 heavy (non-hydrogen) atoms. The molecule has 4 heteroatoms. The van der Waals surface area contributed by atoms with E-state index in [9.17, 15) is 4.79 Å². The van der Waals surface area contributed by atoms with Crippen LogP contribution < -0.4 is 10.1 Å². The number of aromatic nitrogens is 1. The van der Waals surface area contributed by atoms with Gasteiger partial charge in [-0.3, -0.25) is 4.79 Å². The molecule has 2 rings (SSSR count). The van der Waals surface area contributed by atoms with E-state index in [0.717, 1.165) is 16.7 Å². The fourth-order valence-electron chi connectivity index (χ4n) is 2.06. The van der Waals surface area contributed by atoms with E-state index in [1.807, 2.05) is 55.8 Å². The van der Waals surface area contributed by atoms with Crippen LogP contribution in [-0.2, 0) is 11.3 Å². The summed E-state index contributed by atoms with van der Waals surface area (Å²) in [6, 6.07) is 7.83. The number of nitrogens with one attached hydrogen (secondary N) is 1. The van der Waals surface area contributed by atoms with Crippen LogP contribution in [0.2, 0.25) is 0 Å². The van der Waals surface area contributed by atoms with E-state index in [0.29, 0.717) is 6.54 Å². The Labute approximate surface area is 113 Å². The summed E-state index contributed by atoms with van der Waals surface area (Å²) in [5.41, 5.74) is 0.827. The van der Waals surface area contributed by atoms with Gasteiger partial charge >= 0.3 is 0 Å². The van der Waals surface area contributed by atoms with Gasteiger partial charge in [0.15, 0.2) is 0 Å². The lowest BCUT2D eigenvalue weighted by atomic mass is 10.1. The largest absolute Gasteiger partial charge is 0.497 e. The number of hydrogen-bond acceptors (Lipinski definition) is 2. The molecule has 0 unspecified atom stereocenters. The first-order chi connectivity index (χ1) is 8.89. The molecule has 0 bridgehead atoms. The van der Waals surface area contributed by atoms with E-state index in [1.54, 1.807) is 7.11 Å². The lowest BCUT2D eigenvalue weighted by Gasteiger charge is -2.20.